The summed E-state index contributed by atoms with van der Waals surface area (Å²) in [6.45, 7) is -3.41. The summed E-state index contributed by atoms with van der Waals surface area (Å²) in [5.74, 6) is 0. The summed E-state index contributed by atoms with van der Waals surface area (Å²) in [6.07, 6.45) is 0.980. The zero-order valence-electron chi connectivity index (χ0n) is 7.97. The van der Waals surface area contributed by atoms with Crippen molar-refractivity contribution in [3.8, 4) is 0 Å². The average molecular weight is 214 g/mol. The number of rotatable bonds is 3. The third kappa shape index (κ3) is 1.88. The Morgan fingerprint density at radius 3 is 1.25 bits per heavy atom. The molecule has 0 unspecified atom stereocenters. The molecule has 0 saturated carbocycles. The van der Waals surface area contributed by atoms with Gasteiger partial charge in [0.1, 0.15) is 0 Å². The second-order valence-corrected chi connectivity index (χ2v) is 10.4. The van der Waals surface area contributed by atoms with Crippen molar-refractivity contribution in [2.24, 2.45) is 0 Å². The van der Waals surface area contributed by atoms with Gasteiger partial charge in [-0.3, -0.25) is 4.57 Å². The van der Waals surface area contributed by atoms with Crippen molar-refractivity contribution in [2.75, 3.05) is 34.4 Å². The summed E-state index contributed by atoms with van der Waals surface area (Å²) in [5.41, 5.74) is 0. The van der Waals surface area contributed by atoms with E-state index >= 15 is 0 Å². The van der Waals surface area contributed by atoms with Crippen molar-refractivity contribution in [1.29, 1.82) is 0 Å². The van der Waals surface area contributed by atoms with Gasteiger partial charge in [0.2, 0.25) is 9.46 Å². The van der Waals surface area contributed by atoms with Crippen LogP contribution >= 0.6 is 6.65 Å². The molecule has 0 bridgehead atoms. The Morgan fingerprint density at radius 1 is 1.00 bits per heavy atom. The molecule has 0 fully saturated rings. The minimum Gasteiger partial charge on any atom is -0.271 e. The van der Waals surface area contributed by atoms with E-state index in [1.165, 1.54) is 37.5 Å². The Bertz CT molecular complexity index is 284. The van der Waals surface area contributed by atoms with Gasteiger partial charge in [-0.25, -0.2) is 17.8 Å². The van der Waals surface area contributed by atoms with Crippen LogP contribution in [0.15, 0.2) is 0 Å². The number of nitrogens with zero attached hydrogens (tertiary/aromatic N) is 2. The van der Waals surface area contributed by atoms with E-state index in [0.29, 0.717) is 0 Å². The topological polar surface area (TPSA) is 57.7 Å². The highest BCUT2D eigenvalue weighted by Crippen LogP contribution is 2.54. The van der Waals surface area contributed by atoms with Gasteiger partial charge in [-0.1, -0.05) is 0 Å². The van der Waals surface area contributed by atoms with E-state index < -0.39 is 16.1 Å². The maximum absolute atomic E-state index is 11.9. The minimum absolute atomic E-state index is 0.980. The first-order valence-electron chi connectivity index (χ1n) is 3.30. The molecule has 0 N–H and O–H groups in total. The highest BCUT2D eigenvalue weighted by Gasteiger charge is 2.39. The summed E-state index contributed by atoms with van der Waals surface area (Å²) in [5, 5.41) is 0. The zero-order chi connectivity index (χ0) is 10.2. The molecule has 0 spiro atoms. The maximum atomic E-state index is 11.9. The fraction of sp³-hybridized carbons (Fsp3) is 1.00. The molecule has 0 aromatic rings. The molecular formula is C5H15N2O3PS. The molecule has 0 aliphatic carbocycles. The smallest absolute Gasteiger partial charge is 0.271 e. The predicted octanol–water partition coefficient (Wildman–Crippen LogP) is 0.262. The van der Waals surface area contributed by atoms with E-state index in [2.05, 4.69) is 0 Å². The van der Waals surface area contributed by atoms with Gasteiger partial charge in [0, 0.05) is 6.26 Å². The first-order valence-corrected chi connectivity index (χ1v) is 7.40. The molecule has 0 aromatic heterocycles. The van der Waals surface area contributed by atoms with Crippen molar-refractivity contribution in [1.82, 2.24) is 9.34 Å². The van der Waals surface area contributed by atoms with Gasteiger partial charge in [-0.2, -0.15) is 0 Å². The summed E-state index contributed by atoms with van der Waals surface area (Å²) in [6, 6.07) is 0. The maximum Gasteiger partial charge on any atom is 0.326 e. The number of hydrogen-bond acceptors (Lipinski definition) is 3. The van der Waals surface area contributed by atoms with Crippen molar-refractivity contribution >= 4 is 16.1 Å². The van der Waals surface area contributed by atoms with Crippen LogP contribution in [0.3, 0.4) is 0 Å². The Kier molecular flexibility index (Phi) is 3.49. The molecule has 0 rings (SSSR count). The van der Waals surface area contributed by atoms with Crippen LogP contribution < -0.4 is 0 Å². The Hall–Kier alpha value is 0.100. The van der Waals surface area contributed by atoms with E-state index in [9.17, 15) is 13.0 Å². The third-order valence-corrected chi connectivity index (χ3v) is 8.88. The second-order valence-electron chi connectivity index (χ2n) is 2.92. The molecule has 0 radical (unpaired) electrons. The molecule has 0 aromatic carbocycles. The summed E-state index contributed by atoms with van der Waals surface area (Å²) >= 11 is 0. The molecule has 0 aliphatic rings. The van der Waals surface area contributed by atoms with E-state index in [4.69, 9.17) is 0 Å². The van der Waals surface area contributed by atoms with Crippen molar-refractivity contribution in [3.05, 3.63) is 0 Å². The van der Waals surface area contributed by atoms with E-state index in [1.54, 1.807) is 0 Å². The van der Waals surface area contributed by atoms with Crippen LogP contribution in [0.5, 0.6) is 0 Å². The van der Waals surface area contributed by atoms with Crippen LogP contribution in [0, 0.1) is 0 Å². The molecule has 7 heteroatoms. The molecule has 0 heterocycles. The van der Waals surface area contributed by atoms with Crippen LogP contribution in [-0.4, -0.2) is 52.2 Å². The van der Waals surface area contributed by atoms with E-state index in [-0.39, 0.29) is 0 Å². The van der Waals surface area contributed by atoms with Crippen molar-refractivity contribution in [2.45, 2.75) is 0 Å². The quantitative estimate of drug-likeness (QED) is 0.631. The van der Waals surface area contributed by atoms with E-state index in [1.807, 2.05) is 0 Å². The lowest BCUT2D eigenvalue weighted by molar-refractivity contribution is 0.461. The highest BCUT2D eigenvalue weighted by atomic mass is 32.8. The van der Waals surface area contributed by atoms with Gasteiger partial charge in [-0.05, 0) is 28.2 Å². The highest BCUT2D eigenvalue weighted by molar-refractivity contribution is 8.50. The van der Waals surface area contributed by atoms with Gasteiger partial charge in [-0.15, -0.1) is 0 Å². The van der Waals surface area contributed by atoms with Gasteiger partial charge in [0.15, 0.2) is 0 Å². The van der Waals surface area contributed by atoms with Crippen LogP contribution in [0.1, 0.15) is 0 Å². The fourth-order valence-corrected chi connectivity index (χ4v) is 6.41. The zero-order valence-corrected chi connectivity index (χ0v) is 9.69. The van der Waals surface area contributed by atoms with Gasteiger partial charge < -0.3 is 0 Å². The van der Waals surface area contributed by atoms with Crippen LogP contribution in [0.25, 0.3) is 0 Å². The number of hydrogen-bond donors (Lipinski definition) is 0. The molecule has 74 valence electrons. The second kappa shape index (κ2) is 3.46. The fourth-order valence-electron chi connectivity index (χ4n) is 0.951. The Labute approximate surface area is 73.5 Å². The van der Waals surface area contributed by atoms with Crippen molar-refractivity contribution in [3.63, 3.8) is 0 Å². The molecule has 12 heavy (non-hydrogen) atoms. The summed E-state index contributed by atoms with van der Waals surface area (Å²) < 4.78 is 36.8. The minimum atomic E-state index is -3.56. The molecule has 5 nitrogen and oxygen atoms in total. The first kappa shape index (κ1) is 12.1. The van der Waals surface area contributed by atoms with Gasteiger partial charge in [0.25, 0.3) is 0 Å². The van der Waals surface area contributed by atoms with Gasteiger partial charge >= 0.3 is 6.65 Å². The molecular weight excluding hydrogens is 199 g/mol. The normalized spacial score (nSPS) is 14.2. The summed E-state index contributed by atoms with van der Waals surface area (Å²) in [4.78, 5) is 0. The Morgan fingerprint density at radius 2 is 1.25 bits per heavy atom. The largest absolute Gasteiger partial charge is 0.326 e. The van der Waals surface area contributed by atoms with Crippen LogP contribution in [0.4, 0.5) is 0 Å². The predicted molar refractivity (Wildman–Crippen MR) is 49.8 cm³/mol. The molecule has 0 amide bonds. The van der Waals surface area contributed by atoms with Crippen LogP contribution in [-0.2, 0) is 14.0 Å². The SMILES string of the molecule is CN(C)P(=O)(N(C)C)S(C)(=O)=O. The average Bonchev–Trinajstić information content (AvgIpc) is 1.82. The summed E-state index contributed by atoms with van der Waals surface area (Å²) in [7, 11) is 2.40. The van der Waals surface area contributed by atoms with Gasteiger partial charge in [0.05, 0.1) is 0 Å². The Balaban J connectivity index is 5.35. The lowest BCUT2D eigenvalue weighted by atomic mass is 11.3. The lowest BCUT2D eigenvalue weighted by Gasteiger charge is -2.28. The molecule has 0 atom stereocenters. The monoisotopic (exact) mass is 214 g/mol. The molecule has 0 saturated heterocycles. The van der Waals surface area contributed by atoms with Crippen LogP contribution in [0.2, 0.25) is 0 Å². The standard InChI is InChI=1S/C5H15N2O3PS/c1-6(2)11(8,7(3)4)12(5,9)10/h1-5H3. The third-order valence-electron chi connectivity index (χ3n) is 1.44. The molecule has 0 aliphatic heterocycles. The van der Waals surface area contributed by atoms with Crippen molar-refractivity contribution < 1.29 is 13.0 Å². The van der Waals surface area contributed by atoms with E-state index in [0.717, 1.165) is 6.26 Å². The first-order chi connectivity index (χ1) is 5.14. The lowest BCUT2D eigenvalue weighted by Crippen LogP contribution is -2.25.